The number of carbonyl (C=O) groups excluding carboxylic acids is 1. The predicted octanol–water partition coefficient (Wildman–Crippen LogP) is 2.74. The van der Waals surface area contributed by atoms with E-state index in [2.05, 4.69) is 20.5 Å². The highest BCUT2D eigenvalue weighted by Gasteiger charge is 2.35. The smallest absolute Gasteiger partial charge is 0.321 e. The van der Waals surface area contributed by atoms with Crippen molar-refractivity contribution in [1.82, 2.24) is 24.5 Å². The molecule has 13 heteroatoms. The number of hydrogen-bond acceptors (Lipinski definition) is 6. The first kappa shape index (κ1) is 24.3. The molecule has 1 amide bonds. The molecule has 0 saturated heterocycles. The van der Waals surface area contributed by atoms with Gasteiger partial charge in [0, 0.05) is 19.2 Å². The summed E-state index contributed by atoms with van der Waals surface area (Å²) in [5.74, 6) is -0.209. The van der Waals surface area contributed by atoms with Crippen molar-refractivity contribution in [3.8, 4) is 0 Å². The summed E-state index contributed by atoms with van der Waals surface area (Å²) in [6.45, 7) is 1.96. The molecule has 2 N–H and O–H groups in total. The number of nitrogens with zero attached hydrogens (tertiary/aromatic N) is 4. The summed E-state index contributed by atoms with van der Waals surface area (Å²) < 4.78 is 67.5. The summed E-state index contributed by atoms with van der Waals surface area (Å²) in [6, 6.07) is 7.94. The zero-order valence-electron chi connectivity index (χ0n) is 17.9. The van der Waals surface area contributed by atoms with Crippen LogP contribution in [0.1, 0.15) is 40.4 Å². The van der Waals surface area contributed by atoms with E-state index in [0.29, 0.717) is 18.2 Å². The number of alkyl halides is 3. The molecule has 0 aliphatic rings. The van der Waals surface area contributed by atoms with Crippen LogP contribution in [0.5, 0.6) is 0 Å². The number of aryl methyl sites for hydroxylation is 1. The van der Waals surface area contributed by atoms with E-state index in [9.17, 15) is 26.4 Å². The SMILES string of the molecule is CNS(=O)(=O)c1cc(C(=O)Nc2cccc(C(C)Cc3nncn3C)c2)nc(C(F)(F)F)c1. The Morgan fingerprint density at radius 2 is 1.94 bits per heavy atom. The van der Waals surface area contributed by atoms with Gasteiger partial charge in [-0.1, -0.05) is 19.1 Å². The predicted molar refractivity (Wildman–Crippen MR) is 113 cm³/mol. The van der Waals surface area contributed by atoms with Gasteiger partial charge in [0.25, 0.3) is 5.91 Å². The Bertz CT molecular complexity index is 1270. The molecule has 0 fully saturated rings. The van der Waals surface area contributed by atoms with Gasteiger partial charge in [-0.3, -0.25) is 4.79 Å². The third kappa shape index (κ3) is 5.73. The highest BCUT2D eigenvalue weighted by atomic mass is 32.2. The van der Waals surface area contributed by atoms with Gasteiger partial charge in [0.2, 0.25) is 10.0 Å². The molecular weight excluding hydrogens is 461 g/mol. The van der Waals surface area contributed by atoms with Gasteiger partial charge >= 0.3 is 6.18 Å². The van der Waals surface area contributed by atoms with E-state index in [4.69, 9.17) is 0 Å². The number of anilines is 1. The van der Waals surface area contributed by atoms with Crippen molar-refractivity contribution in [1.29, 1.82) is 0 Å². The molecule has 0 aliphatic heterocycles. The molecule has 0 bridgehead atoms. The number of hydrogen-bond donors (Lipinski definition) is 2. The van der Waals surface area contributed by atoms with Gasteiger partial charge in [0.1, 0.15) is 23.5 Å². The van der Waals surface area contributed by atoms with Gasteiger partial charge in [0.15, 0.2) is 0 Å². The van der Waals surface area contributed by atoms with Gasteiger partial charge in [-0.25, -0.2) is 18.1 Å². The second kappa shape index (κ2) is 9.27. The summed E-state index contributed by atoms with van der Waals surface area (Å²) in [4.78, 5) is 15.3. The van der Waals surface area contributed by atoms with E-state index >= 15 is 0 Å². The molecule has 1 atom stereocenters. The van der Waals surface area contributed by atoms with E-state index < -0.39 is 38.4 Å². The molecule has 1 unspecified atom stereocenters. The molecule has 1 aromatic carbocycles. The van der Waals surface area contributed by atoms with Crippen LogP contribution >= 0.6 is 0 Å². The second-order valence-electron chi connectivity index (χ2n) is 7.32. The molecular formula is C20H21F3N6O3S. The Morgan fingerprint density at radius 3 is 2.55 bits per heavy atom. The van der Waals surface area contributed by atoms with Crippen LogP contribution in [-0.2, 0) is 29.7 Å². The quantitative estimate of drug-likeness (QED) is 0.535. The zero-order valence-corrected chi connectivity index (χ0v) is 18.7. The number of carbonyl (C=O) groups is 1. The van der Waals surface area contributed by atoms with E-state index in [1.807, 2.05) is 24.8 Å². The number of rotatable bonds is 7. The van der Waals surface area contributed by atoms with Crippen LogP contribution in [0.4, 0.5) is 18.9 Å². The fourth-order valence-electron chi connectivity index (χ4n) is 3.04. The minimum absolute atomic E-state index is 0.00353. The Hall–Kier alpha value is -3.32. The summed E-state index contributed by atoms with van der Waals surface area (Å²) in [6.07, 6.45) is -2.78. The fraction of sp³-hybridized carbons (Fsp3) is 0.300. The normalized spacial score (nSPS) is 13.0. The van der Waals surface area contributed by atoms with Gasteiger partial charge in [0.05, 0.1) is 4.90 Å². The van der Waals surface area contributed by atoms with Crippen molar-refractivity contribution < 1.29 is 26.4 Å². The largest absolute Gasteiger partial charge is 0.433 e. The average molecular weight is 482 g/mol. The molecule has 2 aromatic heterocycles. The first-order valence-electron chi connectivity index (χ1n) is 9.67. The van der Waals surface area contributed by atoms with Crippen LogP contribution < -0.4 is 10.0 Å². The van der Waals surface area contributed by atoms with Crippen molar-refractivity contribution in [2.24, 2.45) is 7.05 Å². The molecule has 176 valence electrons. The van der Waals surface area contributed by atoms with Crippen LogP contribution in [0.2, 0.25) is 0 Å². The Labute approximate surface area is 188 Å². The Kier molecular flexibility index (Phi) is 6.84. The average Bonchev–Trinajstić information content (AvgIpc) is 3.17. The summed E-state index contributed by atoms with van der Waals surface area (Å²) in [5.41, 5.74) is -1.00. The van der Waals surface area contributed by atoms with E-state index in [0.717, 1.165) is 24.5 Å². The summed E-state index contributed by atoms with van der Waals surface area (Å²) >= 11 is 0. The van der Waals surface area contributed by atoms with Gasteiger partial charge < -0.3 is 9.88 Å². The molecule has 0 saturated carbocycles. The summed E-state index contributed by atoms with van der Waals surface area (Å²) in [5, 5.41) is 10.4. The highest BCUT2D eigenvalue weighted by molar-refractivity contribution is 7.89. The number of sulfonamides is 1. The number of benzene rings is 1. The topological polar surface area (TPSA) is 119 Å². The lowest BCUT2D eigenvalue weighted by Gasteiger charge is -2.14. The van der Waals surface area contributed by atoms with Crippen LogP contribution in [0.15, 0.2) is 47.6 Å². The van der Waals surface area contributed by atoms with Crippen molar-refractivity contribution in [3.63, 3.8) is 0 Å². The number of amides is 1. The van der Waals surface area contributed by atoms with Crippen LogP contribution in [0.25, 0.3) is 0 Å². The lowest BCUT2D eigenvalue weighted by atomic mass is 9.97. The highest BCUT2D eigenvalue weighted by Crippen LogP contribution is 2.30. The molecule has 3 aromatic rings. The summed E-state index contributed by atoms with van der Waals surface area (Å²) in [7, 11) is -1.36. The standard InChI is InChI=1S/C20H21F3N6O3S/c1-12(7-18-28-25-11-29(18)3)13-5-4-6-14(8-13)26-19(30)16-9-15(33(31,32)24-2)10-17(27-16)20(21,22)23/h4-6,8-12,24H,7H2,1-3H3,(H,26,30). The first-order chi connectivity index (χ1) is 15.4. The van der Waals surface area contributed by atoms with E-state index in [1.165, 1.54) is 0 Å². The molecule has 0 aliphatic carbocycles. The molecule has 0 radical (unpaired) electrons. The Balaban J connectivity index is 1.87. The van der Waals surface area contributed by atoms with Crippen LogP contribution in [0, 0.1) is 0 Å². The van der Waals surface area contributed by atoms with Crippen LogP contribution in [0.3, 0.4) is 0 Å². The van der Waals surface area contributed by atoms with Gasteiger partial charge in [-0.05, 0) is 42.8 Å². The Morgan fingerprint density at radius 1 is 1.21 bits per heavy atom. The molecule has 3 rings (SSSR count). The van der Waals surface area contributed by atoms with Crippen molar-refractivity contribution in [2.45, 2.75) is 30.3 Å². The number of nitrogens with one attached hydrogen (secondary N) is 2. The van der Waals surface area contributed by atoms with Crippen molar-refractivity contribution >= 4 is 21.6 Å². The minimum Gasteiger partial charge on any atom is -0.321 e. The van der Waals surface area contributed by atoms with E-state index in [1.54, 1.807) is 29.1 Å². The monoisotopic (exact) mass is 482 g/mol. The molecule has 9 nitrogen and oxygen atoms in total. The van der Waals surface area contributed by atoms with Crippen molar-refractivity contribution in [2.75, 3.05) is 12.4 Å². The number of aromatic nitrogens is 4. The maximum atomic E-state index is 13.2. The number of pyridine rings is 1. The number of halogens is 3. The van der Waals surface area contributed by atoms with E-state index in [-0.39, 0.29) is 5.92 Å². The lowest BCUT2D eigenvalue weighted by molar-refractivity contribution is -0.141. The van der Waals surface area contributed by atoms with Gasteiger partial charge in [-0.2, -0.15) is 13.2 Å². The zero-order chi connectivity index (χ0) is 24.4. The second-order valence-corrected chi connectivity index (χ2v) is 9.21. The fourth-order valence-corrected chi connectivity index (χ4v) is 3.81. The lowest BCUT2D eigenvalue weighted by Crippen LogP contribution is -2.23. The third-order valence-corrected chi connectivity index (χ3v) is 6.30. The van der Waals surface area contributed by atoms with Crippen LogP contribution in [-0.4, -0.2) is 41.1 Å². The maximum absolute atomic E-state index is 13.2. The maximum Gasteiger partial charge on any atom is 0.433 e. The van der Waals surface area contributed by atoms with Crippen molar-refractivity contribution in [3.05, 3.63) is 65.5 Å². The minimum atomic E-state index is -4.94. The third-order valence-electron chi connectivity index (χ3n) is 4.91. The first-order valence-corrected chi connectivity index (χ1v) is 11.2. The molecule has 0 spiro atoms. The molecule has 2 heterocycles. The van der Waals surface area contributed by atoms with Gasteiger partial charge in [-0.15, -0.1) is 10.2 Å². The molecule has 33 heavy (non-hydrogen) atoms.